The number of hydrogen-bond acceptors (Lipinski definition) is 3. The zero-order valence-electron chi connectivity index (χ0n) is 14.4. The molecule has 1 saturated carbocycles. The Morgan fingerprint density at radius 3 is 2.83 bits per heavy atom. The number of carbonyl (C=O) groups is 1. The van der Waals surface area contributed by atoms with E-state index >= 15 is 0 Å². The molecule has 1 aromatic carbocycles. The SMILES string of the molecule is CCOC(=O)N1CC2CCC[C@@](O)(C#Cc3ccc(C)cc3)C2C1. The molecule has 3 rings (SSSR count). The summed E-state index contributed by atoms with van der Waals surface area (Å²) in [5.74, 6) is 6.57. The second-order valence-corrected chi connectivity index (χ2v) is 6.90. The first kappa shape index (κ1) is 16.9. The summed E-state index contributed by atoms with van der Waals surface area (Å²) in [5.41, 5.74) is 1.09. The normalized spacial score (nSPS) is 28.7. The molecule has 2 fully saturated rings. The Balaban J connectivity index is 1.77. The van der Waals surface area contributed by atoms with Crippen LogP contribution in [0.2, 0.25) is 0 Å². The van der Waals surface area contributed by atoms with Gasteiger partial charge in [-0.25, -0.2) is 4.79 Å². The monoisotopic (exact) mass is 327 g/mol. The van der Waals surface area contributed by atoms with Crippen LogP contribution in [0.4, 0.5) is 4.79 Å². The van der Waals surface area contributed by atoms with E-state index in [2.05, 4.69) is 11.8 Å². The van der Waals surface area contributed by atoms with Gasteiger partial charge in [-0.1, -0.05) is 29.5 Å². The number of fused-ring (bicyclic) bond motifs is 1. The highest BCUT2D eigenvalue weighted by Crippen LogP contribution is 2.42. The smallest absolute Gasteiger partial charge is 0.409 e. The molecule has 2 unspecified atom stereocenters. The summed E-state index contributed by atoms with van der Waals surface area (Å²) < 4.78 is 5.11. The van der Waals surface area contributed by atoms with Gasteiger partial charge in [0, 0.05) is 24.6 Å². The van der Waals surface area contributed by atoms with E-state index in [9.17, 15) is 9.90 Å². The van der Waals surface area contributed by atoms with Crippen molar-refractivity contribution in [2.24, 2.45) is 11.8 Å². The number of likely N-dealkylation sites (tertiary alicyclic amines) is 1. The standard InChI is InChI=1S/C20H25NO3/c1-3-24-19(22)21-13-17-5-4-11-20(23,18(17)14-21)12-10-16-8-6-15(2)7-9-16/h6-9,17-18,23H,3-5,11,13-14H2,1-2H3/t17?,18?,20-/m1/s1. The maximum absolute atomic E-state index is 12.0. The van der Waals surface area contributed by atoms with Gasteiger partial charge in [0.1, 0.15) is 5.60 Å². The number of ether oxygens (including phenoxy) is 1. The van der Waals surface area contributed by atoms with Gasteiger partial charge in [-0.05, 0) is 51.2 Å². The van der Waals surface area contributed by atoms with Crippen LogP contribution >= 0.6 is 0 Å². The van der Waals surface area contributed by atoms with Crippen LogP contribution < -0.4 is 0 Å². The minimum atomic E-state index is -1.02. The fourth-order valence-corrected chi connectivity index (χ4v) is 3.86. The maximum atomic E-state index is 12.0. The van der Waals surface area contributed by atoms with Gasteiger partial charge in [0.15, 0.2) is 0 Å². The van der Waals surface area contributed by atoms with Crippen LogP contribution in [0, 0.1) is 30.6 Å². The molecular weight excluding hydrogens is 302 g/mol. The van der Waals surface area contributed by atoms with Crippen LogP contribution in [0.5, 0.6) is 0 Å². The lowest BCUT2D eigenvalue weighted by Crippen LogP contribution is -2.44. The molecule has 1 aromatic rings. The average Bonchev–Trinajstić information content (AvgIpc) is 3.01. The molecule has 4 nitrogen and oxygen atoms in total. The van der Waals surface area contributed by atoms with Gasteiger partial charge in [-0.3, -0.25) is 0 Å². The van der Waals surface area contributed by atoms with E-state index in [-0.39, 0.29) is 12.0 Å². The third kappa shape index (κ3) is 3.42. The molecule has 1 N–H and O–H groups in total. The number of aryl methyl sites for hydroxylation is 1. The molecule has 3 atom stereocenters. The molecule has 128 valence electrons. The highest BCUT2D eigenvalue weighted by Gasteiger charge is 2.49. The summed E-state index contributed by atoms with van der Waals surface area (Å²) in [6, 6.07) is 8.00. The van der Waals surface area contributed by atoms with Crippen molar-refractivity contribution in [3.63, 3.8) is 0 Å². The minimum Gasteiger partial charge on any atom is -0.450 e. The lowest BCUT2D eigenvalue weighted by atomic mass is 9.71. The van der Waals surface area contributed by atoms with Crippen molar-refractivity contribution in [2.75, 3.05) is 19.7 Å². The van der Waals surface area contributed by atoms with E-state index in [1.807, 2.05) is 38.1 Å². The Morgan fingerprint density at radius 1 is 1.38 bits per heavy atom. The van der Waals surface area contributed by atoms with Gasteiger partial charge < -0.3 is 14.7 Å². The number of aliphatic hydroxyl groups is 1. The van der Waals surface area contributed by atoms with Crippen molar-refractivity contribution in [3.05, 3.63) is 35.4 Å². The lowest BCUT2D eigenvalue weighted by molar-refractivity contribution is -0.00794. The number of carbonyl (C=O) groups excluding carboxylic acids is 1. The van der Waals surface area contributed by atoms with E-state index < -0.39 is 5.60 Å². The average molecular weight is 327 g/mol. The summed E-state index contributed by atoms with van der Waals surface area (Å²) >= 11 is 0. The quantitative estimate of drug-likeness (QED) is 0.807. The number of amides is 1. The number of benzene rings is 1. The molecular formula is C20H25NO3. The summed E-state index contributed by atoms with van der Waals surface area (Å²) in [7, 11) is 0. The second-order valence-electron chi connectivity index (χ2n) is 6.90. The fraction of sp³-hybridized carbons (Fsp3) is 0.550. The van der Waals surface area contributed by atoms with Gasteiger partial charge in [0.2, 0.25) is 0 Å². The fourth-order valence-electron chi connectivity index (χ4n) is 3.86. The topological polar surface area (TPSA) is 49.8 Å². The lowest BCUT2D eigenvalue weighted by Gasteiger charge is -2.37. The summed E-state index contributed by atoms with van der Waals surface area (Å²) in [4.78, 5) is 13.7. The first-order chi connectivity index (χ1) is 11.5. The molecule has 4 heteroatoms. The van der Waals surface area contributed by atoms with Crippen molar-refractivity contribution in [1.82, 2.24) is 4.90 Å². The Morgan fingerprint density at radius 2 is 2.12 bits per heavy atom. The number of rotatable bonds is 1. The molecule has 1 amide bonds. The summed E-state index contributed by atoms with van der Waals surface area (Å²) in [5, 5.41) is 11.1. The van der Waals surface area contributed by atoms with E-state index in [0.29, 0.717) is 32.0 Å². The summed E-state index contributed by atoms with van der Waals surface area (Å²) in [6.45, 7) is 5.42. The van der Waals surface area contributed by atoms with Crippen molar-refractivity contribution < 1.29 is 14.6 Å². The van der Waals surface area contributed by atoms with Crippen molar-refractivity contribution in [2.45, 2.75) is 38.7 Å². The molecule has 1 heterocycles. The van der Waals surface area contributed by atoms with E-state index in [4.69, 9.17) is 4.74 Å². The molecule has 0 spiro atoms. The Labute approximate surface area is 143 Å². The van der Waals surface area contributed by atoms with Gasteiger partial charge >= 0.3 is 6.09 Å². The van der Waals surface area contributed by atoms with Crippen molar-refractivity contribution >= 4 is 6.09 Å². The Kier molecular flexibility index (Phi) is 4.82. The first-order valence-corrected chi connectivity index (χ1v) is 8.76. The van der Waals surface area contributed by atoms with Crippen LogP contribution in [-0.4, -0.2) is 41.4 Å². The van der Waals surface area contributed by atoms with Gasteiger partial charge in [-0.15, -0.1) is 0 Å². The molecule has 1 aliphatic heterocycles. The minimum absolute atomic E-state index is 0.00797. The number of hydrogen-bond donors (Lipinski definition) is 1. The second kappa shape index (κ2) is 6.86. The molecule has 1 saturated heterocycles. The Hall–Kier alpha value is -1.99. The van der Waals surface area contributed by atoms with Gasteiger partial charge in [-0.2, -0.15) is 0 Å². The van der Waals surface area contributed by atoms with Crippen LogP contribution in [-0.2, 0) is 4.74 Å². The highest BCUT2D eigenvalue weighted by atomic mass is 16.6. The van der Waals surface area contributed by atoms with Gasteiger partial charge in [0.25, 0.3) is 0 Å². The highest BCUT2D eigenvalue weighted by molar-refractivity contribution is 5.68. The van der Waals surface area contributed by atoms with Crippen LogP contribution in [0.1, 0.15) is 37.3 Å². The van der Waals surface area contributed by atoms with E-state index in [1.54, 1.807) is 4.90 Å². The van der Waals surface area contributed by atoms with Crippen molar-refractivity contribution in [1.29, 1.82) is 0 Å². The van der Waals surface area contributed by atoms with Crippen LogP contribution in [0.15, 0.2) is 24.3 Å². The molecule has 24 heavy (non-hydrogen) atoms. The largest absolute Gasteiger partial charge is 0.450 e. The maximum Gasteiger partial charge on any atom is 0.409 e. The molecule has 0 bridgehead atoms. The predicted molar refractivity (Wildman–Crippen MR) is 92.4 cm³/mol. The molecule has 0 radical (unpaired) electrons. The molecule has 2 aliphatic rings. The van der Waals surface area contributed by atoms with E-state index in [1.165, 1.54) is 5.56 Å². The molecule has 1 aliphatic carbocycles. The van der Waals surface area contributed by atoms with Gasteiger partial charge in [0.05, 0.1) is 6.61 Å². The zero-order valence-corrected chi connectivity index (χ0v) is 14.4. The predicted octanol–water partition coefficient (Wildman–Crippen LogP) is 2.97. The molecule has 0 aromatic heterocycles. The van der Waals surface area contributed by atoms with Crippen LogP contribution in [0.25, 0.3) is 0 Å². The summed E-state index contributed by atoms with van der Waals surface area (Å²) in [6.07, 6.45) is 2.37. The third-order valence-corrected chi connectivity index (χ3v) is 5.19. The number of nitrogens with zero attached hydrogens (tertiary/aromatic N) is 1. The third-order valence-electron chi connectivity index (χ3n) is 5.19. The van der Waals surface area contributed by atoms with Crippen LogP contribution in [0.3, 0.4) is 0 Å². The first-order valence-electron chi connectivity index (χ1n) is 8.76. The zero-order chi connectivity index (χ0) is 17.2. The van der Waals surface area contributed by atoms with Crippen molar-refractivity contribution in [3.8, 4) is 11.8 Å². The Bertz CT molecular complexity index is 658. The van der Waals surface area contributed by atoms with E-state index in [0.717, 1.165) is 18.4 Å².